The summed E-state index contributed by atoms with van der Waals surface area (Å²) in [6.07, 6.45) is 5.22. The minimum absolute atomic E-state index is 0.104. The molecule has 2 heterocycles. The fourth-order valence-electron chi connectivity index (χ4n) is 4.57. The van der Waals surface area contributed by atoms with Crippen molar-refractivity contribution in [2.45, 2.75) is 38.1 Å². The molecule has 24 heavy (non-hydrogen) atoms. The van der Waals surface area contributed by atoms with Crippen LogP contribution in [0.3, 0.4) is 0 Å². The number of para-hydroxylation sites is 1. The number of hydrogen-bond acceptors (Lipinski definition) is 4. The Kier molecular flexibility index (Phi) is 4.35. The molecule has 130 valence electrons. The lowest BCUT2D eigenvalue weighted by Gasteiger charge is -2.31. The van der Waals surface area contributed by atoms with Crippen LogP contribution in [0.15, 0.2) is 18.2 Å². The van der Waals surface area contributed by atoms with E-state index in [0.717, 1.165) is 55.7 Å². The van der Waals surface area contributed by atoms with Gasteiger partial charge in [0, 0.05) is 18.0 Å². The van der Waals surface area contributed by atoms with Gasteiger partial charge in [0.15, 0.2) is 11.5 Å². The van der Waals surface area contributed by atoms with Crippen LogP contribution in [0, 0.1) is 11.8 Å². The van der Waals surface area contributed by atoms with E-state index in [-0.39, 0.29) is 12.0 Å². The Balaban J connectivity index is 1.60. The number of fused-ring (bicyclic) bond motifs is 1. The number of nitrogens with zero attached hydrogens (tertiary/aromatic N) is 1. The van der Waals surface area contributed by atoms with Gasteiger partial charge in [0.25, 0.3) is 0 Å². The molecule has 0 bridgehead atoms. The minimum Gasteiger partial charge on any atom is -0.486 e. The number of benzene rings is 1. The van der Waals surface area contributed by atoms with Crippen LogP contribution >= 0.6 is 0 Å². The lowest BCUT2D eigenvalue weighted by atomic mass is 9.93. The van der Waals surface area contributed by atoms with E-state index < -0.39 is 0 Å². The Bertz CT molecular complexity index is 619. The summed E-state index contributed by atoms with van der Waals surface area (Å²) in [5.74, 6) is 2.38. The maximum atomic E-state index is 13.2. The van der Waals surface area contributed by atoms with Gasteiger partial charge in [0.05, 0.1) is 6.04 Å². The first-order valence-electron chi connectivity index (χ1n) is 9.18. The summed E-state index contributed by atoms with van der Waals surface area (Å²) in [6, 6.07) is 6.13. The first-order chi connectivity index (χ1) is 11.8. The van der Waals surface area contributed by atoms with E-state index >= 15 is 0 Å². The summed E-state index contributed by atoms with van der Waals surface area (Å²) in [4.78, 5) is 15.2. The second-order valence-electron chi connectivity index (χ2n) is 7.09. The Labute approximate surface area is 143 Å². The van der Waals surface area contributed by atoms with Crippen LogP contribution in [0.4, 0.5) is 0 Å². The molecule has 3 atom stereocenters. The van der Waals surface area contributed by atoms with Crippen LogP contribution in [0.1, 0.15) is 43.7 Å². The summed E-state index contributed by atoms with van der Waals surface area (Å²) < 4.78 is 11.6. The number of carbonyl (C=O) groups excluding carboxylic acids is 1. The van der Waals surface area contributed by atoms with Gasteiger partial charge >= 0.3 is 0 Å². The average molecular weight is 330 g/mol. The van der Waals surface area contributed by atoms with Crippen molar-refractivity contribution in [2.75, 3.05) is 26.3 Å². The lowest BCUT2D eigenvalue weighted by Crippen LogP contribution is -2.38. The highest BCUT2D eigenvalue weighted by atomic mass is 16.6. The van der Waals surface area contributed by atoms with Gasteiger partial charge < -0.3 is 20.1 Å². The summed E-state index contributed by atoms with van der Waals surface area (Å²) in [7, 11) is 0. The van der Waals surface area contributed by atoms with Crippen LogP contribution in [-0.2, 0) is 4.79 Å². The number of rotatable bonds is 3. The quantitative estimate of drug-likeness (QED) is 0.925. The van der Waals surface area contributed by atoms with Crippen molar-refractivity contribution >= 4 is 5.91 Å². The van der Waals surface area contributed by atoms with Gasteiger partial charge in [-0.15, -0.1) is 0 Å². The highest BCUT2D eigenvalue weighted by Crippen LogP contribution is 2.44. The van der Waals surface area contributed by atoms with Gasteiger partial charge in [-0.05, 0) is 44.2 Å². The minimum atomic E-state index is 0.104. The predicted octanol–water partition coefficient (Wildman–Crippen LogP) is 2.50. The molecule has 1 aromatic rings. The van der Waals surface area contributed by atoms with Gasteiger partial charge in [-0.2, -0.15) is 0 Å². The maximum Gasteiger partial charge on any atom is 0.226 e. The number of nitrogens with two attached hydrogens (primary N) is 1. The zero-order valence-electron chi connectivity index (χ0n) is 14.1. The van der Waals surface area contributed by atoms with Crippen LogP contribution in [0.5, 0.6) is 11.5 Å². The number of likely N-dealkylation sites (tertiary alicyclic amines) is 1. The van der Waals surface area contributed by atoms with Crippen molar-refractivity contribution in [3.8, 4) is 11.5 Å². The summed E-state index contributed by atoms with van der Waals surface area (Å²) >= 11 is 0. The molecule has 2 N–H and O–H groups in total. The molecule has 0 aromatic heterocycles. The van der Waals surface area contributed by atoms with E-state index in [1.165, 1.54) is 0 Å². The molecule has 1 aromatic carbocycles. The molecule has 4 rings (SSSR count). The Morgan fingerprint density at radius 3 is 2.92 bits per heavy atom. The zero-order chi connectivity index (χ0) is 16.5. The number of amides is 1. The Hall–Kier alpha value is -1.75. The molecule has 5 heteroatoms. The van der Waals surface area contributed by atoms with E-state index in [9.17, 15) is 4.79 Å². The normalized spacial score (nSPS) is 29.0. The molecule has 1 saturated carbocycles. The molecule has 0 spiro atoms. The van der Waals surface area contributed by atoms with E-state index in [2.05, 4.69) is 11.0 Å². The summed E-state index contributed by atoms with van der Waals surface area (Å²) in [5, 5.41) is 0. The van der Waals surface area contributed by atoms with Gasteiger partial charge in [0.2, 0.25) is 5.91 Å². The molecule has 1 aliphatic carbocycles. The smallest absolute Gasteiger partial charge is 0.226 e. The standard InChI is InChI=1S/C19H26N2O3/c20-12-13-4-1-5-14(13)19(22)21-9-3-7-16(21)15-6-2-8-17-18(15)24-11-10-23-17/h2,6,8,13-14,16H,1,3-5,7,9-12,20H2/t13-,14-,16?/m1/s1. The van der Waals surface area contributed by atoms with E-state index in [1.54, 1.807) is 0 Å². The third-order valence-corrected chi connectivity index (χ3v) is 5.77. The number of ether oxygens (including phenoxy) is 2. The van der Waals surface area contributed by atoms with Crippen LogP contribution < -0.4 is 15.2 Å². The molecule has 1 unspecified atom stereocenters. The molecular weight excluding hydrogens is 304 g/mol. The maximum absolute atomic E-state index is 13.2. The van der Waals surface area contributed by atoms with Crippen molar-refractivity contribution in [3.05, 3.63) is 23.8 Å². The Morgan fingerprint density at radius 2 is 2.04 bits per heavy atom. The van der Waals surface area contributed by atoms with Crippen molar-refractivity contribution in [1.82, 2.24) is 4.90 Å². The van der Waals surface area contributed by atoms with Crippen LogP contribution in [-0.4, -0.2) is 37.1 Å². The fourth-order valence-corrected chi connectivity index (χ4v) is 4.57. The molecule has 2 fully saturated rings. The topological polar surface area (TPSA) is 64.8 Å². The second kappa shape index (κ2) is 6.63. The molecule has 3 aliphatic rings. The van der Waals surface area contributed by atoms with Crippen molar-refractivity contribution in [3.63, 3.8) is 0 Å². The van der Waals surface area contributed by atoms with E-state index in [1.807, 2.05) is 12.1 Å². The SMILES string of the molecule is NC[C@H]1CCC[C@H]1C(=O)N1CCCC1c1cccc2c1OCCO2. The van der Waals surface area contributed by atoms with Gasteiger partial charge in [-0.1, -0.05) is 18.6 Å². The number of hydrogen-bond donors (Lipinski definition) is 1. The third-order valence-electron chi connectivity index (χ3n) is 5.77. The molecular formula is C19H26N2O3. The average Bonchev–Trinajstić information content (AvgIpc) is 3.29. The molecule has 5 nitrogen and oxygen atoms in total. The van der Waals surface area contributed by atoms with Gasteiger partial charge in [0.1, 0.15) is 13.2 Å². The first-order valence-corrected chi connectivity index (χ1v) is 9.18. The lowest BCUT2D eigenvalue weighted by molar-refractivity contribution is -0.137. The predicted molar refractivity (Wildman–Crippen MR) is 91.0 cm³/mol. The first kappa shape index (κ1) is 15.8. The fraction of sp³-hybridized carbons (Fsp3) is 0.632. The summed E-state index contributed by atoms with van der Waals surface area (Å²) in [5.41, 5.74) is 6.99. The van der Waals surface area contributed by atoms with Crippen LogP contribution in [0.2, 0.25) is 0 Å². The Morgan fingerprint density at radius 1 is 1.17 bits per heavy atom. The van der Waals surface area contributed by atoms with Gasteiger partial charge in [-0.3, -0.25) is 4.79 Å². The van der Waals surface area contributed by atoms with Crippen molar-refractivity contribution < 1.29 is 14.3 Å². The van der Waals surface area contributed by atoms with Crippen LogP contribution in [0.25, 0.3) is 0 Å². The highest BCUT2D eigenvalue weighted by Gasteiger charge is 2.40. The third kappa shape index (κ3) is 2.65. The summed E-state index contributed by atoms with van der Waals surface area (Å²) in [6.45, 7) is 2.61. The largest absolute Gasteiger partial charge is 0.486 e. The molecule has 1 amide bonds. The molecule has 1 saturated heterocycles. The van der Waals surface area contributed by atoms with Gasteiger partial charge in [-0.25, -0.2) is 0 Å². The second-order valence-corrected chi connectivity index (χ2v) is 7.09. The van der Waals surface area contributed by atoms with Crippen molar-refractivity contribution in [2.24, 2.45) is 17.6 Å². The number of carbonyl (C=O) groups is 1. The van der Waals surface area contributed by atoms with E-state index in [4.69, 9.17) is 15.2 Å². The monoisotopic (exact) mass is 330 g/mol. The molecule has 0 radical (unpaired) electrons. The zero-order valence-corrected chi connectivity index (χ0v) is 14.1. The highest BCUT2D eigenvalue weighted by molar-refractivity contribution is 5.80. The van der Waals surface area contributed by atoms with Crippen molar-refractivity contribution in [1.29, 1.82) is 0 Å². The molecule has 2 aliphatic heterocycles. The van der Waals surface area contributed by atoms with E-state index in [0.29, 0.717) is 31.6 Å².